The predicted molar refractivity (Wildman–Crippen MR) is 112 cm³/mol. The van der Waals surface area contributed by atoms with Crippen LogP contribution in [0.5, 0.6) is 0 Å². The molecule has 0 saturated carbocycles. The molecule has 4 nitrogen and oxygen atoms in total. The summed E-state index contributed by atoms with van der Waals surface area (Å²) in [7, 11) is 0. The largest absolute Gasteiger partial charge is 0.467 e. The van der Waals surface area contributed by atoms with E-state index in [1.54, 1.807) is 42.3 Å². The minimum atomic E-state index is -0.397. The van der Waals surface area contributed by atoms with Crippen molar-refractivity contribution in [3.63, 3.8) is 0 Å². The van der Waals surface area contributed by atoms with Gasteiger partial charge in [0.1, 0.15) is 17.1 Å². The summed E-state index contributed by atoms with van der Waals surface area (Å²) in [5, 5.41) is 0.438. The highest BCUT2D eigenvalue weighted by Crippen LogP contribution is 2.32. The fourth-order valence-electron chi connectivity index (χ4n) is 2.82. The van der Waals surface area contributed by atoms with Crippen LogP contribution in [0, 0.1) is 5.82 Å². The molecule has 0 spiro atoms. The number of carbonyl (C=O) groups is 1. The van der Waals surface area contributed by atoms with Crippen LogP contribution in [0.3, 0.4) is 0 Å². The zero-order valence-corrected chi connectivity index (χ0v) is 16.7. The molecule has 1 amide bonds. The van der Waals surface area contributed by atoms with Gasteiger partial charge in [0.05, 0.1) is 17.5 Å². The number of hydrogen-bond donors (Lipinski definition) is 0. The van der Waals surface area contributed by atoms with Gasteiger partial charge in [-0.2, -0.15) is 0 Å². The molecule has 0 atom stereocenters. The number of thiazole rings is 1. The van der Waals surface area contributed by atoms with Crippen LogP contribution in [0.4, 0.5) is 9.52 Å². The number of rotatable bonds is 6. The molecule has 0 radical (unpaired) electrons. The third-order valence-electron chi connectivity index (χ3n) is 4.14. The molecule has 4 aromatic rings. The van der Waals surface area contributed by atoms with Crippen LogP contribution in [0.25, 0.3) is 10.2 Å². The molecule has 0 unspecified atom stereocenters. The molecule has 0 N–H and O–H groups in total. The Morgan fingerprint density at radius 2 is 2.00 bits per heavy atom. The molecule has 2 heterocycles. The first-order valence-corrected chi connectivity index (χ1v) is 10.6. The number of hydrogen-bond acceptors (Lipinski definition) is 5. The van der Waals surface area contributed by atoms with Crippen LogP contribution in [0.2, 0.25) is 0 Å². The molecule has 28 heavy (non-hydrogen) atoms. The first-order chi connectivity index (χ1) is 13.7. The Morgan fingerprint density at radius 1 is 1.18 bits per heavy atom. The molecule has 0 aliphatic heterocycles. The van der Waals surface area contributed by atoms with E-state index in [1.807, 2.05) is 24.3 Å². The predicted octanol–water partition coefficient (Wildman–Crippen LogP) is 5.99. The summed E-state index contributed by atoms with van der Waals surface area (Å²) in [6, 6.07) is 15.9. The second-order valence-electron chi connectivity index (χ2n) is 6.01. The van der Waals surface area contributed by atoms with Gasteiger partial charge in [-0.3, -0.25) is 9.69 Å². The molecule has 0 bridgehead atoms. The average molecular weight is 413 g/mol. The summed E-state index contributed by atoms with van der Waals surface area (Å²) in [6.07, 6.45) is 1.56. The van der Waals surface area contributed by atoms with E-state index in [-0.39, 0.29) is 18.0 Å². The Bertz CT molecular complexity index is 1090. The van der Waals surface area contributed by atoms with E-state index in [0.717, 1.165) is 10.6 Å². The number of fused-ring (bicyclic) bond motifs is 1. The Labute approximate surface area is 170 Å². The van der Waals surface area contributed by atoms with Crippen molar-refractivity contribution < 1.29 is 13.6 Å². The van der Waals surface area contributed by atoms with Crippen molar-refractivity contribution in [2.24, 2.45) is 0 Å². The Hall–Kier alpha value is -2.64. The van der Waals surface area contributed by atoms with Crippen LogP contribution in [-0.2, 0) is 6.54 Å². The zero-order chi connectivity index (χ0) is 19.5. The molecule has 2 aromatic heterocycles. The van der Waals surface area contributed by atoms with E-state index in [4.69, 9.17) is 4.42 Å². The molecule has 7 heteroatoms. The first-order valence-electron chi connectivity index (χ1n) is 8.78. The lowest BCUT2D eigenvalue weighted by Gasteiger charge is -2.19. The van der Waals surface area contributed by atoms with Crippen molar-refractivity contribution in [1.29, 1.82) is 0 Å². The summed E-state index contributed by atoms with van der Waals surface area (Å²) in [4.78, 5) is 20.3. The Morgan fingerprint density at radius 3 is 2.68 bits per heavy atom. The highest BCUT2D eigenvalue weighted by molar-refractivity contribution is 7.99. The lowest BCUT2D eigenvalue weighted by atomic mass is 10.2. The van der Waals surface area contributed by atoms with Crippen LogP contribution in [0.15, 0.2) is 70.2 Å². The maximum atomic E-state index is 14.1. The van der Waals surface area contributed by atoms with Crippen molar-refractivity contribution >= 4 is 44.4 Å². The van der Waals surface area contributed by atoms with Gasteiger partial charge in [0, 0.05) is 10.5 Å². The Balaban J connectivity index is 1.71. The summed E-state index contributed by atoms with van der Waals surface area (Å²) >= 11 is 3.00. The number of halogens is 1. The summed E-state index contributed by atoms with van der Waals surface area (Å²) < 4.78 is 20.2. The minimum Gasteiger partial charge on any atom is -0.467 e. The molecule has 0 fully saturated rings. The maximum absolute atomic E-state index is 14.1. The van der Waals surface area contributed by atoms with Gasteiger partial charge in [-0.05, 0) is 54.3 Å². The van der Waals surface area contributed by atoms with Crippen LogP contribution in [0.1, 0.15) is 23.0 Å². The van der Waals surface area contributed by atoms with Crippen LogP contribution < -0.4 is 4.90 Å². The van der Waals surface area contributed by atoms with Crippen molar-refractivity contribution in [2.45, 2.75) is 18.4 Å². The number of thioether (sulfide) groups is 1. The van der Waals surface area contributed by atoms with E-state index >= 15 is 0 Å². The lowest BCUT2D eigenvalue weighted by molar-refractivity contribution is 0.0983. The van der Waals surface area contributed by atoms with Gasteiger partial charge in [-0.25, -0.2) is 9.37 Å². The van der Waals surface area contributed by atoms with Crippen LogP contribution >= 0.6 is 23.1 Å². The molecule has 142 valence electrons. The van der Waals surface area contributed by atoms with Gasteiger partial charge < -0.3 is 4.42 Å². The maximum Gasteiger partial charge on any atom is 0.260 e. The van der Waals surface area contributed by atoms with Gasteiger partial charge in [-0.1, -0.05) is 24.3 Å². The van der Waals surface area contributed by atoms with Crippen molar-refractivity contribution in [2.75, 3.05) is 10.7 Å². The topological polar surface area (TPSA) is 46.3 Å². The van der Waals surface area contributed by atoms with Crippen molar-refractivity contribution in [3.8, 4) is 0 Å². The minimum absolute atomic E-state index is 0.205. The molecular formula is C21H17FN2O2S2. The van der Waals surface area contributed by atoms with E-state index < -0.39 is 5.82 Å². The molecule has 0 saturated heterocycles. The van der Waals surface area contributed by atoms with Crippen LogP contribution in [-0.4, -0.2) is 16.6 Å². The average Bonchev–Trinajstić information content (AvgIpc) is 3.37. The quantitative estimate of drug-likeness (QED) is 0.365. The van der Waals surface area contributed by atoms with E-state index in [9.17, 15) is 9.18 Å². The number of aromatic nitrogens is 1. The Kier molecular flexibility index (Phi) is 5.45. The van der Waals surface area contributed by atoms with Gasteiger partial charge in [0.2, 0.25) is 0 Å². The number of carbonyl (C=O) groups excluding carboxylic acids is 1. The second kappa shape index (κ2) is 8.16. The first kappa shape index (κ1) is 18.7. The zero-order valence-electron chi connectivity index (χ0n) is 15.1. The summed E-state index contributed by atoms with van der Waals surface area (Å²) in [5.74, 6) is 0.997. The van der Waals surface area contributed by atoms with Gasteiger partial charge >= 0.3 is 0 Å². The number of furan rings is 1. The summed E-state index contributed by atoms with van der Waals surface area (Å²) in [6.45, 7) is 2.31. The van der Waals surface area contributed by atoms with E-state index in [1.165, 1.54) is 22.3 Å². The smallest absolute Gasteiger partial charge is 0.260 e. The third-order valence-corrected chi connectivity index (χ3v) is 6.08. The highest BCUT2D eigenvalue weighted by atomic mass is 32.2. The van der Waals surface area contributed by atoms with E-state index in [0.29, 0.717) is 21.2 Å². The fourth-order valence-corrected chi connectivity index (χ4v) is 4.46. The molecule has 4 rings (SSSR count). The monoisotopic (exact) mass is 412 g/mol. The standard InChI is InChI=1S/C21H17FN2O2S2/c1-2-27-16-10-8-14(9-11-16)20(25)24(13-15-5-4-12-26-15)21-23-19-17(22)6-3-7-18(19)28-21/h3-12H,2,13H2,1H3. The van der Waals surface area contributed by atoms with E-state index in [2.05, 4.69) is 11.9 Å². The molecular weight excluding hydrogens is 395 g/mol. The SMILES string of the molecule is CCSc1ccc(C(=O)N(Cc2ccco2)c2nc3c(F)cccc3s2)cc1. The molecule has 0 aliphatic rings. The normalized spacial score (nSPS) is 11.1. The van der Waals surface area contributed by atoms with Gasteiger partial charge in [0.25, 0.3) is 5.91 Å². The number of nitrogens with zero attached hydrogens (tertiary/aromatic N) is 2. The number of anilines is 1. The highest BCUT2D eigenvalue weighted by Gasteiger charge is 2.23. The van der Waals surface area contributed by atoms with Gasteiger partial charge in [-0.15, -0.1) is 11.8 Å². The lowest BCUT2D eigenvalue weighted by Crippen LogP contribution is -2.30. The van der Waals surface area contributed by atoms with Crippen molar-refractivity contribution in [1.82, 2.24) is 4.98 Å². The number of para-hydroxylation sites is 1. The third kappa shape index (κ3) is 3.81. The van der Waals surface area contributed by atoms with Crippen molar-refractivity contribution in [3.05, 3.63) is 78.0 Å². The fraction of sp³-hybridized carbons (Fsp3) is 0.143. The molecule has 2 aromatic carbocycles. The van der Waals surface area contributed by atoms with Gasteiger partial charge in [0.15, 0.2) is 5.13 Å². The number of benzene rings is 2. The summed E-state index contributed by atoms with van der Waals surface area (Å²) in [5.41, 5.74) is 0.821. The molecule has 0 aliphatic carbocycles. The second-order valence-corrected chi connectivity index (χ2v) is 8.36. The number of amides is 1.